The first kappa shape index (κ1) is 17.0. The number of nitrogens with zero attached hydrogens (tertiary/aromatic N) is 3. The summed E-state index contributed by atoms with van der Waals surface area (Å²) in [5.74, 6) is 0.195. The zero-order chi connectivity index (χ0) is 17.1. The number of carbonyl (C=O) groups is 2. The van der Waals surface area contributed by atoms with Crippen molar-refractivity contribution < 1.29 is 14.3 Å². The molecule has 0 spiro atoms. The van der Waals surface area contributed by atoms with Crippen LogP contribution in [0.1, 0.15) is 32.2 Å². The minimum atomic E-state index is -0.239. The number of fused-ring (bicyclic) bond motifs is 1. The molecule has 1 aromatic rings. The van der Waals surface area contributed by atoms with E-state index in [2.05, 4.69) is 4.98 Å². The molecule has 3 heterocycles. The van der Waals surface area contributed by atoms with Crippen LogP contribution in [0.2, 0.25) is 0 Å². The highest BCUT2D eigenvalue weighted by Gasteiger charge is 2.32. The molecule has 3 rings (SSSR count). The predicted octanol–water partition coefficient (Wildman–Crippen LogP) is 1.08. The van der Waals surface area contributed by atoms with E-state index in [4.69, 9.17) is 4.74 Å². The summed E-state index contributed by atoms with van der Waals surface area (Å²) in [7, 11) is 0. The van der Waals surface area contributed by atoms with Gasteiger partial charge in [0, 0.05) is 37.5 Å². The number of ether oxygens (including phenoxy) is 1. The van der Waals surface area contributed by atoms with E-state index < -0.39 is 0 Å². The lowest BCUT2D eigenvalue weighted by atomic mass is 9.97. The highest BCUT2D eigenvalue weighted by Crippen LogP contribution is 2.32. The van der Waals surface area contributed by atoms with E-state index in [-0.39, 0.29) is 35.8 Å². The largest absolute Gasteiger partial charge is 0.466 e. The van der Waals surface area contributed by atoms with Crippen molar-refractivity contribution in [1.82, 2.24) is 14.5 Å². The van der Waals surface area contributed by atoms with Crippen LogP contribution in [0.4, 0.5) is 0 Å². The Morgan fingerprint density at radius 3 is 3.08 bits per heavy atom. The van der Waals surface area contributed by atoms with Crippen molar-refractivity contribution in [3.63, 3.8) is 0 Å². The Kier molecular flexibility index (Phi) is 5.23. The SMILES string of the molecule is CCOC(=O)[C@@H]1CCCN(C(=O)C[C@@H]2CSc3nccc(=O)n32)C1. The molecule has 7 nitrogen and oxygen atoms in total. The average Bonchev–Trinajstić information content (AvgIpc) is 2.99. The highest BCUT2D eigenvalue weighted by molar-refractivity contribution is 7.99. The van der Waals surface area contributed by atoms with E-state index in [1.54, 1.807) is 16.4 Å². The number of amides is 1. The number of piperidine rings is 1. The molecular formula is C16H21N3O4S. The molecule has 2 atom stereocenters. The van der Waals surface area contributed by atoms with Gasteiger partial charge in [-0.25, -0.2) is 4.98 Å². The van der Waals surface area contributed by atoms with Crippen molar-refractivity contribution in [3.05, 3.63) is 22.6 Å². The molecule has 0 unspecified atom stereocenters. The van der Waals surface area contributed by atoms with Crippen LogP contribution < -0.4 is 5.56 Å². The highest BCUT2D eigenvalue weighted by atomic mass is 32.2. The lowest BCUT2D eigenvalue weighted by Gasteiger charge is -2.32. The summed E-state index contributed by atoms with van der Waals surface area (Å²) in [6, 6.07) is 1.26. The maximum absolute atomic E-state index is 12.6. The van der Waals surface area contributed by atoms with Gasteiger partial charge in [0.1, 0.15) is 0 Å². The molecule has 0 bridgehead atoms. The molecule has 0 N–H and O–H groups in total. The van der Waals surface area contributed by atoms with Gasteiger partial charge < -0.3 is 9.64 Å². The first-order valence-electron chi connectivity index (χ1n) is 8.25. The van der Waals surface area contributed by atoms with Crippen LogP contribution in [0.3, 0.4) is 0 Å². The molecule has 0 aliphatic carbocycles. The standard InChI is InChI=1S/C16H21N3O4S/c1-2-23-15(22)11-4-3-7-18(9-11)14(21)8-12-10-24-16-17-6-5-13(20)19(12)16/h5-6,11-12H,2-4,7-10H2,1H3/t11-,12-/m1/s1. The fourth-order valence-electron chi connectivity index (χ4n) is 3.23. The second-order valence-electron chi connectivity index (χ2n) is 6.04. The average molecular weight is 351 g/mol. The Morgan fingerprint density at radius 2 is 2.29 bits per heavy atom. The van der Waals surface area contributed by atoms with E-state index in [1.807, 2.05) is 0 Å². The van der Waals surface area contributed by atoms with E-state index in [0.29, 0.717) is 30.6 Å². The van der Waals surface area contributed by atoms with Gasteiger partial charge in [0.05, 0.1) is 18.6 Å². The van der Waals surface area contributed by atoms with Crippen molar-refractivity contribution in [1.29, 1.82) is 0 Å². The Hall–Kier alpha value is -1.83. The number of aromatic nitrogens is 2. The van der Waals surface area contributed by atoms with Gasteiger partial charge in [-0.2, -0.15) is 0 Å². The first-order chi connectivity index (χ1) is 11.6. The van der Waals surface area contributed by atoms with Crippen LogP contribution in [0.15, 0.2) is 22.2 Å². The van der Waals surface area contributed by atoms with Gasteiger partial charge in [-0.3, -0.25) is 19.0 Å². The van der Waals surface area contributed by atoms with Crippen molar-refractivity contribution >= 4 is 23.6 Å². The molecule has 1 fully saturated rings. The van der Waals surface area contributed by atoms with E-state index in [1.165, 1.54) is 24.0 Å². The summed E-state index contributed by atoms with van der Waals surface area (Å²) in [5.41, 5.74) is -0.120. The molecule has 1 amide bonds. The molecule has 0 saturated carbocycles. The zero-order valence-electron chi connectivity index (χ0n) is 13.6. The fourth-order valence-corrected chi connectivity index (χ4v) is 4.35. The molecule has 24 heavy (non-hydrogen) atoms. The third-order valence-electron chi connectivity index (χ3n) is 4.42. The monoisotopic (exact) mass is 351 g/mol. The quantitative estimate of drug-likeness (QED) is 0.596. The predicted molar refractivity (Wildman–Crippen MR) is 88.8 cm³/mol. The van der Waals surface area contributed by atoms with Crippen LogP contribution >= 0.6 is 11.8 Å². The van der Waals surface area contributed by atoms with Crippen LogP contribution in [0.25, 0.3) is 0 Å². The summed E-state index contributed by atoms with van der Waals surface area (Å²) >= 11 is 1.50. The summed E-state index contributed by atoms with van der Waals surface area (Å²) in [6.07, 6.45) is 3.32. The minimum Gasteiger partial charge on any atom is -0.466 e. The molecule has 1 saturated heterocycles. The number of thioether (sulfide) groups is 1. The second-order valence-corrected chi connectivity index (χ2v) is 7.02. The lowest BCUT2D eigenvalue weighted by Crippen LogP contribution is -2.43. The first-order valence-corrected chi connectivity index (χ1v) is 9.23. The Balaban J connectivity index is 1.64. The lowest BCUT2D eigenvalue weighted by molar-refractivity contribution is -0.151. The number of hydrogen-bond acceptors (Lipinski definition) is 6. The van der Waals surface area contributed by atoms with Gasteiger partial charge in [0.15, 0.2) is 5.16 Å². The van der Waals surface area contributed by atoms with Crippen molar-refractivity contribution in [2.75, 3.05) is 25.4 Å². The summed E-state index contributed by atoms with van der Waals surface area (Å²) < 4.78 is 6.68. The van der Waals surface area contributed by atoms with Gasteiger partial charge in [-0.15, -0.1) is 0 Å². The Labute approximate surface area is 144 Å². The number of hydrogen-bond donors (Lipinski definition) is 0. The van der Waals surface area contributed by atoms with Gasteiger partial charge in [-0.05, 0) is 19.8 Å². The van der Waals surface area contributed by atoms with Crippen LogP contribution in [-0.4, -0.2) is 51.8 Å². The van der Waals surface area contributed by atoms with Crippen molar-refractivity contribution in [2.24, 2.45) is 5.92 Å². The zero-order valence-corrected chi connectivity index (χ0v) is 14.5. The van der Waals surface area contributed by atoms with Gasteiger partial charge in [0.2, 0.25) is 5.91 Å². The maximum atomic E-state index is 12.6. The number of esters is 1. The van der Waals surface area contributed by atoms with Gasteiger partial charge in [0.25, 0.3) is 5.56 Å². The number of carbonyl (C=O) groups excluding carboxylic acids is 2. The molecule has 130 valence electrons. The molecule has 0 aromatic carbocycles. The third kappa shape index (κ3) is 3.48. The minimum absolute atomic E-state index is 0.0156. The maximum Gasteiger partial charge on any atom is 0.310 e. The summed E-state index contributed by atoms with van der Waals surface area (Å²) in [6.45, 7) is 3.20. The van der Waals surface area contributed by atoms with E-state index in [9.17, 15) is 14.4 Å². The number of likely N-dealkylation sites (tertiary alicyclic amines) is 1. The normalized spacial score (nSPS) is 23.0. The molecular weight excluding hydrogens is 330 g/mol. The van der Waals surface area contributed by atoms with E-state index in [0.717, 1.165) is 12.8 Å². The summed E-state index contributed by atoms with van der Waals surface area (Å²) in [4.78, 5) is 42.5. The molecule has 2 aliphatic heterocycles. The van der Waals surface area contributed by atoms with Gasteiger partial charge >= 0.3 is 5.97 Å². The fraction of sp³-hybridized carbons (Fsp3) is 0.625. The van der Waals surface area contributed by atoms with Gasteiger partial charge in [-0.1, -0.05) is 11.8 Å². The molecule has 0 radical (unpaired) electrons. The molecule has 1 aromatic heterocycles. The topological polar surface area (TPSA) is 81.5 Å². The smallest absolute Gasteiger partial charge is 0.310 e. The third-order valence-corrected chi connectivity index (χ3v) is 5.53. The van der Waals surface area contributed by atoms with Crippen LogP contribution in [0.5, 0.6) is 0 Å². The Bertz CT molecular complexity index is 690. The van der Waals surface area contributed by atoms with Crippen LogP contribution in [-0.2, 0) is 14.3 Å². The van der Waals surface area contributed by atoms with Crippen LogP contribution in [0, 0.1) is 5.92 Å². The number of rotatable bonds is 4. The van der Waals surface area contributed by atoms with Crippen molar-refractivity contribution in [3.8, 4) is 0 Å². The molecule has 2 aliphatic rings. The molecule has 8 heteroatoms. The van der Waals surface area contributed by atoms with E-state index >= 15 is 0 Å². The van der Waals surface area contributed by atoms with Crippen molar-refractivity contribution in [2.45, 2.75) is 37.4 Å². The summed E-state index contributed by atoms with van der Waals surface area (Å²) in [5, 5.41) is 0.670. The second kappa shape index (κ2) is 7.38. The Morgan fingerprint density at radius 1 is 1.46 bits per heavy atom.